The molecule has 3 aromatic heterocycles. The van der Waals surface area contributed by atoms with Crippen molar-refractivity contribution in [1.82, 2.24) is 39.1 Å². The summed E-state index contributed by atoms with van der Waals surface area (Å²) in [7, 11) is 0. The van der Waals surface area contributed by atoms with Crippen molar-refractivity contribution in [2.24, 2.45) is 0 Å². The molecule has 0 aromatic carbocycles. The van der Waals surface area contributed by atoms with Crippen LogP contribution in [0.4, 0.5) is 0 Å². The molecule has 0 saturated carbocycles. The predicted molar refractivity (Wildman–Crippen MR) is 118 cm³/mol. The van der Waals surface area contributed by atoms with Crippen LogP contribution in [0.25, 0.3) is 0 Å². The van der Waals surface area contributed by atoms with E-state index >= 15 is 0 Å². The second-order valence-corrected chi connectivity index (χ2v) is 8.00. The van der Waals surface area contributed by atoms with Crippen molar-refractivity contribution in [3.8, 4) is 0 Å². The van der Waals surface area contributed by atoms with Crippen molar-refractivity contribution in [3.05, 3.63) is 64.8 Å². The summed E-state index contributed by atoms with van der Waals surface area (Å²) in [6.07, 6.45) is 4.26. The number of nitrogens with zero attached hydrogens (tertiary/aromatic N) is 8. The molecule has 0 bridgehead atoms. The summed E-state index contributed by atoms with van der Waals surface area (Å²) in [4.78, 5) is 4.47. The first-order chi connectivity index (χ1) is 14.2. The zero-order valence-corrected chi connectivity index (χ0v) is 19.3. The molecule has 0 spiro atoms. The molecule has 8 heteroatoms. The van der Waals surface area contributed by atoms with Gasteiger partial charge in [0.1, 0.15) is 20.0 Å². The van der Waals surface area contributed by atoms with Gasteiger partial charge >= 0.3 is 0 Å². The lowest BCUT2D eigenvalue weighted by molar-refractivity contribution is 0.210. The average Bonchev–Trinajstić information content (AvgIpc) is 3.27. The van der Waals surface area contributed by atoms with E-state index in [1.54, 1.807) is 0 Å². The molecule has 30 heavy (non-hydrogen) atoms. The molecule has 0 aliphatic heterocycles. The molecule has 0 fully saturated rings. The number of aryl methyl sites for hydroxylation is 6. The van der Waals surface area contributed by atoms with E-state index < -0.39 is 0 Å². The van der Waals surface area contributed by atoms with Crippen LogP contribution in [-0.4, -0.2) is 45.7 Å². The van der Waals surface area contributed by atoms with Crippen LogP contribution < -0.4 is 0 Å². The van der Waals surface area contributed by atoms with Crippen molar-refractivity contribution in [1.29, 1.82) is 0 Å². The normalized spacial score (nSPS) is 11.6. The smallest absolute Gasteiger partial charge is 0.113 e. The van der Waals surface area contributed by atoms with Gasteiger partial charge in [-0.2, -0.15) is 15.3 Å². The molecule has 8 nitrogen and oxygen atoms in total. The molecule has 0 radical (unpaired) electrons. The Kier molecular flexibility index (Phi) is 6.64. The Labute approximate surface area is 179 Å². The SMILES string of the molecule is CCN(/C=C/N(Cn1nc(C)cc1C)Cn1nc(C)cc1C)Cn1nc(C)cc1C. The molecule has 0 unspecified atom stereocenters. The van der Waals surface area contributed by atoms with Gasteiger partial charge in [0, 0.05) is 36.0 Å². The maximum absolute atomic E-state index is 4.63. The molecule has 3 heterocycles. The van der Waals surface area contributed by atoms with E-state index in [0.717, 1.165) is 41.7 Å². The molecule has 0 aliphatic carbocycles. The lowest BCUT2D eigenvalue weighted by Gasteiger charge is -2.25. The average molecular weight is 411 g/mol. The van der Waals surface area contributed by atoms with Gasteiger partial charge in [-0.15, -0.1) is 0 Å². The summed E-state index contributed by atoms with van der Waals surface area (Å²) < 4.78 is 6.10. The minimum Gasteiger partial charge on any atom is -0.357 e. The van der Waals surface area contributed by atoms with Gasteiger partial charge in [0.2, 0.25) is 0 Å². The highest BCUT2D eigenvalue weighted by Gasteiger charge is 2.10. The number of rotatable bonds is 9. The Morgan fingerprint density at radius 3 is 1.27 bits per heavy atom. The third-order valence-corrected chi connectivity index (χ3v) is 5.15. The molecule has 0 aliphatic rings. The van der Waals surface area contributed by atoms with E-state index in [-0.39, 0.29) is 0 Å². The second-order valence-electron chi connectivity index (χ2n) is 8.00. The lowest BCUT2D eigenvalue weighted by atomic mass is 10.4. The van der Waals surface area contributed by atoms with Gasteiger partial charge in [-0.3, -0.25) is 0 Å². The maximum Gasteiger partial charge on any atom is 0.113 e. The van der Waals surface area contributed by atoms with Crippen molar-refractivity contribution in [3.63, 3.8) is 0 Å². The van der Waals surface area contributed by atoms with Gasteiger partial charge in [0.25, 0.3) is 0 Å². The van der Waals surface area contributed by atoms with Crippen LogP contribution in [0.3, 0.4) is 0 Å². The molecule has 0 amide bonds. The molecular formula is C22H34N8. The molecule has 3 rings (SSSR count). The van der Waals surface area contributed by atoms with Gasteiger partial charge in [-0.1, -0.05) is 0 Å². The molecular weight excluding hydrogens is 376 g/mol. The lowest BCUT2D eigenvalue weighted by Crippen LogP contribution is -2.28. The number of hydrogen-bond donors (Lipinski definition) is 0. The minimum absolute atomic E-state index is 0.659. The van der Waals surface area contributed by atoms with Gasteiger partial charge in [-0.05, 0) is 66.7 Å². The van der Waals surface area contributed by atoms with E-state index in [9.17, 15) is 0 Å². The highest BCUT2D eigenvalue weighted by molar-refractivity contribution is 5.08. The highest BCUT2D eigenvalue weighted by atomic mass is 15.4. The van der Waals surface area contributed by atoms with Crippen LogP contribution in [0, 0.1) is 41.5 Å². The fourth-order valence-electron chi connectivity index (χ4n) is 3.55. The summed E-state index contributed by atoms with van der Waals surface area (Å²) >= 11 is 0. The van der Waals surface area contributed by atoms with Crippen LogP contribution in [0.1, 0.15) is 41.1 Å². The number of aromatic nitrogens is 6. The van der Waals surface area contributed by atoms with Gasteiger partial charge in [0.05, 0.1) is 17.1 Å². The fraction of sp³-hybridized carbons (Fsp3) is 0.500. The first-order valence-electron chi connectivity index (χ1n) is 10.4. The largest absolute Gasteiger partial charge is 0.357 e. The second kappa shape index (κ2) is 9.19. The van der Waals surface area contributed by atoms with Crippen LogP contribution in [-0.2, 0) is 20.0 Å². The first kappa shape index (κ1) is 21.7. The van der Waals surface area contributed by atoms with Crippen molar-refractivity contribution in [2.45, 2.75) is 68.5 Å². The summed E-state index contributed by atoms with van der Waals surface area (Å²) in [6, 6.07) is 6.31. The van der Waals surface area contributed by atoms with Gasteiger partial charge < -0.3 is 9.80 Å². The zero-order chi connectivity index (χ0) is 21.8. The summed E-state index contributed by atoms with van der Waals surface area (Å²) in [6.45, 7) is 17.4. The molecule has 0 atom stereocenters. The third-order valence-electron chi connectivity index (χ3n) is 5.15. The zero-order valence-electron chi connectivity index (χ0n) is 19.3. The van der Waals surface area contributed by atoms with Crippen molar-refractivity contribution in [2.75, 3.05) is 6.54 Å². The Morgan fingerprint density at radius 2 is 0.967 bits per heavy atom. The van der Waals surface area contributed by atoms with Crippen LogP contribution in [0.2, 0.25) is 0 Å². The molecule has 0 N–H and O–H groups in total. The quantitative estimate of drug-likeness (QED) is 0.540. The molecule has 3 aromatic rings. The Hall–Kier alpha value is -3.03. The monoisotopic (exact) mass is 410 g/mol. The van der Waals surface area contributed by atoms with Crippen molar-refractivity contribution < 1.29 is 0 Å². The van der Waals surface area contributed by atoms with E-state index in [1.165, 1.54) is 5.69 Å². The van der Waals surface area contributed by atoms with Crippen LogP contribution in [0.5, 0.6) is 0 Å². The first-order valence-corrected chi connectivity index (χ1v) is 10.4. The summed E-state index contributed by atoms with van der Waals surface area (Å²) in [5.41, 5.74) is 6.57. The Balaban J connectivity index is 1.79. The fourth-order valence-corrected chi connectivity index (χ4v) is 3.55. The summed E-state index contributed by atoms with van der Waals surface area (Å²) in [5.74, 6) is 0. The molecule has 162 valence electrons. The number of hydrogen-bond acceptors (Lipinski definition) is 5. The third kappa shape index (κ3) is 5.31. The standard InChI is InChI=1S/C22H34N8/c1-8-26(14-28-20(5)11-17(2)23-28)9-10-27(15-29-21(6)12-18(3)24-29)16-30-22(7)13-19(4)25-30/h9-13H,8,14-16H2,1-7H3/b10-9+. The van der Waals surface area contributed by atoms with Crippen LogP contribution in [0.15, 0.2) is 30.6 Å². The van der Waals surface area contributed by atoms with Crippen molar-refractivity contribution >= 4 is 0 Å². The van der Waals surface area contributed by atoms with Crippen LogP contribution >= 0.6 is 0 Å². The van der Waals surface area contributed by atoms with E-state index in [0.29, 0.717) is 13.3 Å². The van der Waals surface area contributed by atoms with E-state index in [1.807, 2.05) is 34.8 Å². The predicted octanol–water partition coefficient (Wildman–Crippen LogP) is 3.49. The summed E-state index contributed by atoms with van der Waals surface area (Å²) in [5, 5.41) is 13.9. The topological polar surface area (TPSA) is 59.9 Å². The maximum atomic E-state index is 4.63. The molecule has 0 saturated heterocycles. The van der Waals surface area contributed by atoms with Gasteiger partial charge in [-0.25, -0.2) is 14.0 Å². The Bertz CT molecular complexity index is 958. The van der Waals surface area contributed by atoms with E-state index in [4.69, 9.17) is 0 Å². The Morgan fingerprint density at radius 1 is 0.633 bits per heavy atom. The van der Waals surface area contributed by atoms with Gasteiger partial charge in [0.15, 0.2) is 0 Å². The highest BCUT2D eigenvalue weighted by Crippen LogP contribution is 2.10. The minimum atomic E-state index is 0.659. The van der Waals surface area contributed by atoms with E-state index in [2.05, 4.69) is 83.4 Å².